The van der Waals surface area contributed by atoms with Gasteiger partial charge in [-0.1, -0.05) is 42.0 Å². The summed E-state index contributed by atoms with van der Waals surface area (Å²) in [5, 5.41) is 0. The zero-order chi connectivity index (χ0) is 16.1. The fourth-order valence-electron chi connectivity index (χ4n) is 5.00. The monoisotopic (exact) mass is 310 g/mol. The molecule has 2 aliphatic carbocycles. The maximum absolute atomic E-state index is 2.44. The Bertz CT molecular complexity index is 479. The Labute approximate surface area is 143 Å². The molecule has 0 amide bonds. The molecule has 0 aliphatic heterocycles. The van der Waals surface area contributed by atoms with Crippen molar-refractivity contribution in [2.75, 3.05) is 0 Å². The molecule has 0 atom stereocenters. The van der Waals surface area contributed by atoms with Crippen molar-refractivity contribution in [3.8, 4) is 0 Å². The lowest BCUT2D eigenvalue weighted by Crippen LogP contribution is -2.26. The summed E-state index contributed by atoms with van der Waals surface area (Å²) >= 11 is 0. The molecule has 0 aromatic heterocycles. The molecule has 3 rings (SSSR count). The molecule has 0 saturated heterocycles. The van der Waals surface area contributed by atoms with Gasteiger partial charge in [-0.05, 0) is 101 Å². The maximum atomic E-state index is 2.44. The number of rotatable bonds is 4. The van der Waals surface area contributed by atoms with Crippen LogP contribution in [-0.4, -0.2) is 0 Å². The summed E-state index contributed by atoms with van der Waals surface area (Å²) in [4.78, 5) is 0. The van der Waals surface area contributed by atoms with Crippen molar-refractivity contribution in [3.05, 3.63) is 47.5 Å². The first-order valence-corrected chi connectivity index (χ1v) is 9.93. The van der Waals surface area contributed by atoms with E-state index in [-0.39, 0.29) is 0 Å². The number of aryl methyl sites for hydroxylation is 1. The predicted octanol–water partition coefficient (Wildman–Crippen LogP) is 6.73. The molecule has 0 heteroatoms. The van der Waals surface area contributed by atoms with Gasteiger partial charge < -0.3 is 0 Å². The van der Waals surface area contributed by atoms with Crippen LogP contribution in [0.1, 0.15) is 69.4 Å². The second kappa shape index (κ2) is 8.18. The molecule has 2 aliphatic rings. The van der Waals surface area contributed by atoms with Crippen LogP contribution in [0.15, 0.2) is 36.4 Å². The van der Waals surface area contributed by atoms with Gasteiger partial charge in [0.05, 0.1) is 0 Å². The Hall–Kier alpha value is -1.04. The molecular formula is C23H34. The number of allylic oxidation sites excluding steroid dienone is 2. The number of benzene rings is 1. The first-order valence-electron chi connectivity index (χ1n) is 9.93. The SMILES string of the molecule is CC=CC1CCC(C2CCC(Cc3ccc(C)cc3)CC2)CC1. The van der Waals surface area contributed by atoms with Crippen LogP contribution in [0.2, 0.25) is 0 Å². The van der Waals surface area contributed by atoms with Gasteiger partial charge in [0.25, 0.3) is 0 Å². The van der Waals surface area contributed by atoms with Crippen LogP contribution < -0.4 is 0 Å². The van der Waals surface area contributed by atoms with Crippen LogP contribution in [-0.2, 0) is 6.42 Å². The highest BCUT2D eigenvalue weighted by atomic mass is 14.4. The fourth-order valence-corrected chi connectivity index (χ4v) is 5.00. The van der Waals surface area contributed by atoms with E-state index < -0.39 is 0 Å². The van der Waals surface area contributed by atoms with Crippen molar-refractivity contribution in [3.63, 3.8) is 0 Å². The molecule has 0 nitrogen and oxygen atoms in total. The predicted molar refractivity (Wildman–Crippen MR) is 101 cm³/mol. The first-order chi connectivity index (χ1) is 11.2. The summed E-state index contributed by atoms with van der Waals surface area (Å²) in [5.41, 5.74) is 2.93. The minimum absolute atomic E-state index is 0.883. The van der Waals surface area contributed by atoms with Crippen molar-refractivity contribution in [2.45, 2.75) is 71.6 Å². The Kier molecular flexibility index (Phi) is 5.97. The highest BCUT2D eigenvalue weighted by Gasteiger charge is 2.30. The zero-order valence-electron chi connectivity index (χ0n) is 15.1. The van der Waals surface area contributed by atoms with E-state index in [4.69, 9.17) is 0 Å². The van der Waals surface area contributed by atoms with E-state index >= 15 is 0 Å². The van der Waals surface area contributed by atoms with Crippen molar-refractivity contribution in [2.24, 2.45) is 23.7 Å². The maximum Gasteiger partial charge on any atom is -0.0233 e. The van der Waals surface area contributed by atoms with Crippen molar-refractivity contribution < 1.29 is 0 Å². The second-order valence-corrected chi connectivity index (χ2v) is 8.17. The lowest BCUT2D eigenvalue weighted by atomic mass is 9.68. The van der Waals surface area contributed by atoms with Gasteiger partial charge in [0.1, 0.15) is 0 Å². The van der Waals surface area contributed by atoms with Crippen LogP contribution in [0.4, 0.5) is 0 Å². The lowest BCUT2D eigenvalue weighted by Gasteiger charge is -2.37. The molecular weight excluding hydrogens is 276 g/mol. The quantitative estimate of drug-likeness (QED) is 0.541. The molecule has 0 N–H and O–H groups in total. The molecule has 0 unspecified atom stereocenters. The highest BCUT2D eigenvalue weighted by molar-refractivity contribution is 5.21. The van der Waals surface area contributed by atoms with E-state index in [1.54, 1.807) is 5.56 Å². The molecule has 0 radical (unpaired) electrons. The minimum Gasteiger partial charge on any atom is -0.0914 e. The summed E-state index contributed by atoms with van der Waals surface area (Å²) in [6, 6.07) is 9.21. The van der Waals surface area contributed by atoms with Crippen LogP contribution >= 0.6 is 0 Å². The smallest absolute Gasteiger partial charge is 0.0233 e. The van der Waals surface area contributed by atoms with Gasteiger partial charge in [-0.25, -0.2) is 0 Å². The van der Waals surface area contributed by atoms with Crippen LogP contribution in [0.5, 0.6) is 0 Å². The average Bonchev–Trinajstić information content (AvgIpc) is 2.59. The van der Waals surface area contributed by atoms with Gasteiger partial charge in [-0.3, -0.25) is 0 Å². The van der Waals surface area contributed by atoms with E-state index in [0.29, 0.717) is 0 Å². The van der Waals surface area contributed by atoms with E-state index in [2.05, 4.69) is 50.3 Å². The highest BCUT2D eigenvalue weighted by Crippen LogP contribution is 2.42. The second-order valence-electron chi connectivity index (χ2n) is 8.17. The summed E-state index contributed by atoms with van der Waals surface area (Å²) in [7, 11) is 0. The third-order valence-corrected chi connectivity index (χ3v) is 6.48. The Morgan fingerprint density at radius 2 is 1.39 bits per heavy atom. The summed E-state index contributed by atoms with van der Waals surface area (Å²) in [5.74, 6) is 3.90. The normalized spacial score (nSPS) is 32.3. The largest absolute Gasteiger partial charge is 0.0914 e. The van der Waals surface area contributed by atoms with Crippen LogP contribution in [0, 0.1) is 30.6 Å². The lowest BCUT2D eigenvalue weighted by molar-refractivity contribution is 0.155. The molecule has 126 valence electrons. The summed E-state index contributed by atoms with van der Waals surface area (Å²) < 4.78 is 0. The molecule has 1 aromatic carbocycles. The molecule has 23 heavy (non-hydrogen) atoms. The fraction of sp³-hybridized carbons (Fsp3) is 0.652. The molecule has 2 saturated carbocycles. The van der Waals surface area contributed by atoms with E-state index in [1.165, 1.54) is 63.4 Å². The Morgan fingerprint density at radius 3 is 1.96 bits per heavy atom. The van der Waals surface area contributed by atoms with Gasteiger partial charge in [0.2, 0.25) is 0 Å². The van der Waals surface area contributed by atoms with E-state index in [9.17, 15) is 0 Å². The van der Waals surface area contributed by atoms with E-state index in [1.807, 2.05) is 0 Å². The van der Waals surface area contributed by atoms with E-state index in [0.717, 1.165) is 23.7 Å². The van der Waals surface area contributed by atoms with Crippen LogP contribution in [0.3, 0.4) is 0 Å². The number of hydrogen-bond acceptors (Lipinski definition) is 0. The standard InChI is InChI=1S/C23H34/c1-3-4-19-9-13-22(14-10-19)23-15-11-21(12-16-23)17-20-7-5-18(2)6-8-20/h3-8,19,21-23H,9-17H2,1-2H3. The molecule has 2 fully saturated rings. The molecule has 0 spiro atoms. The molecule has 0 bridgehead atoms. The first kappa shape index (κ1) is 16.8. The topological polar surface area (TPSA) is 0 Å². The zero-order valence-corrected chi connectivity index (χ0v) is 15.1. The Morgan fingerprint density at radius 1 is 0.826 bits per heavy atom. The van der Waals surface area contributed by atoms with Crippen molar-refractivity contribution in [1.29, 1.82) is 0 Å². The van der Waals surface area contributed by atoms with Crippen molar-refractivity contribution >= 4 is 0 Å². The average molecular weight is 311 g/mol. The Balaban J connectivity index is 1.43. The molecule has 0 heterocycles. The van der Waals surface area contributed by atoms with Gasteiger partial charge in [0.15, 0.2) is 0 Å². The van der Waals surface area contributed by atoms with Gasteiger partial charge in [0, 0.05) is 0 Å². The summed E-state index contributed by atoms with van der Waals surface area (Å²) in [6.07, 6.45) is 17.8. The van der Waals surface area contributed by atoms with Gasteiger partial charge in [-0.2, -0.15) is 0 Å². The van der Waals surface area contributed by atoms with Gasteiger partial charge in [-0.15, -0.1) is 0 Å². The summed E-state index contributed by atoms with van der Waals surface area (Å²) in [6.45, 7) is 4.35. The third kappa shape index (κ3) is 4.72. The van der Waals surface area contributed by atoms with Crippen molar-refractivity contribution in [1.82, 2.24) is 0 Å². The minimum atomic E-state index is 0.883. The van der Waals surface area contributed by atoms with Crippen LogP contribution in [0.25, 0.3) is 0 Å². The number of hydrogen-bond donors (Lipinski definition) is 0. The third-order valence-electron chi connectivity index (χ3n) is 6.48. The van der Waals surface area contributed by atoms with Gasteiger partial charge >= 0.3 is 0 Å². The molecule has 1 aromatic rings.